The van der Waals surface area contributed by atoms with Gasteiger partial charge in [0.1, 0.15) is 0 Å². The zero-order valence-electron chi connectivity index (χ0n) is 25.6. The van der Waals surface area contributed by atoms with Crippen molar-refractivity contribution in [3.63, 3.8) is 0 Å². The third-order valence-corrected chi connectivity index (χ3v) is 13.6. The van der Waals surface area contributed by atoms with E-state index in [0.29, 0.717) is 12.5 Å². The standard InChI is InChI=1S/C35H50ClNOSi/c1-26(2)31(35(9,37)28-21-20-27(32(36)24-28)22-23-33(3,4)5)25-38-39(34(6,7)8,29-16-12-10-13-17-29)30-18-14-11-15-19-30/h10-21,24,26,31H,22-23,25,37H2,1-9H3/t31?,35-/m0/s1. The lowest BCUT2D eigenvalue weighted by Crippen LogP contribution is -2.67. The number of halogens is 1. The summed E-state index contributed by atoms with van der Waals surface area (Å²) in [6.07, 6.45) is 2.06. The van der Waals surface area contributed by atoms with Gasteiger partial charge in [0.05, 0.1) is 0 Å². The Morgan fingerprint density at radius 3 is 1.72 bits per heavy atom. The van der Waals surface area contributed by atoms with Crippen molar-refractivity contribution in [1.29, 1.82) is 0 Å². The molecule has 0 aromatic heterocycles. The fraction of sp³-hybridized carbons (Fsp3) is 0.486. The predicted octanol–water partition coefficient (Wildman–Crippen LogP) is 8.34. The maximum atomic E-state index is 7.35. The van der Waals surface area contributed by atoms with E-state index in [4.69, 9.17) is 21.8 Å². The number of hydrogen-bond acceptors (Lipinski definition) is 2. The molecular weight excluding hydrogens is 514 g/mol. The molecule has 3 aromatic rings. The van der Waals surface area contributed by atoms with Crippen molar-refractivity contribution < 1.29 is 4.43 Å². The highest BCUT2D eigenvalue weighted by Gasteiger charge is 2.51. The molecule has 2 atom stereocenters. The van der Waals surface area contributed by atoms with E-state index < -0.39 is 13.9 Å². The van der Waals surface area contributed by atoms with Gasteiger partial charge in [0.15, 0.2) is 0 Å². The topological polar surface area (TPSA) is 35.2 Å². The summed E-state index contributed by atoms with van der Waals surface area (Å²) in [5.74, 6) is 0.410. The summed E-state index contributed by atoms with van der Waals surface area (Å²) in [5.41, 5.74) is 9.16. The van der Waals surface area contributed by atoms with Crippen molar-refractivity contribution in [3.8, 4) is 0 Å². The summed E-state index contributed by atoms with van der Waals surface area (Å²) in [5, 5.41) is 3.30. The largest absolute Gasteiger partial charge is 0.407 e. The van der Waals surface area contributed by atoms with Crippen molar-refractivity contribution in [2.24, 2.45) is 23.0 Å². The lowest BCUT2D eigenvalue weighted by Gasteiger charge is -2.46. The summed E-state index contributed by atoms with van der Waals surface area (Å²) >= 11 is 6.84. The molecule has 3 rings (SSSR count). The Labute approximate surface area is 244 Å². The second-order valence-corrected chi connectivity index (χ2v) is 18.7. The molecule has 0 aliphatic heterocycles. The predicted molar refractivity (Wildman–Crippen MR) is 173 cm³/mol. The van der Waals surface area contributed by atoms with Crippen LogP contribution in [0.25, 0.3) is 0 Å². The van der Waals surface area contributed by atoms with Gasteiger partial charge in [-0.05, 0) is 63.7 Å². The van der Waals surface area contributed by atoms with Crippen molar-refractivity contribution in [2.45, 2.75) is 85.7 Å². The molecule has 2 N–H and O–H groups in total. The molecule has 0 aliphatic carbocycles. The summed E-state index contributed by atoms with van der Waals surface area (Å²) in [6, 6.07) is 28.1. The van der Waals surface area contributed by atoms with Gasteiger partial charge in [0, 0.05) is 23.1 Å². The van der Waals surface area contributed by atoms with Crippen LogP contribution in [0.4, 0.5) is 0 Å². The van der Waals surface area contributed by atoms with E-state index in [-0.39, 0.29) is 16.4 Å². The molecule has 0 bridgehead atoms. The smallest absolute Gasteiger partial charge is 0.261 e. The number of nitrogens with two attached hydrogens (primary N) is 1. The van der Waals surface area contributed by atoms with E-state index in [9.17, 15) is 0 Å². The number of rotatable bonds is 10. The van der Waals surface area contributed by atoms with Crippen LogP contribution in [0.5, 0.6) is 0 Å². The van der Waals surface area contributed by atoms with Crippen LogP contribution >= 0.6 is 11.6 Å². The maximum absolute atomic E-state index is 7.35. The molecule has 0 aliphatic rings. The SMILES string of the molecule is CC(C)C(CO[Si](c1ccccc1)(c1ccccc1)C(C)(C)C)[C@@](C)(N)c1ccc(CCC(C)(C)C)c(Cl)c1. The van der Waals surface area contributed by atoms with Crippen LogP contribution < -0.4 is 16.1 Å². The van der Waals surface area contributed by atoms with Crippen molar-refractivity contribution >= 4 is 30.3 Å². The van der Waals surface area contributed by atoms with Gasteiger partial charge in [-0.15, -0.1) is 0 Å². The van der Waals surface area contributed by atoms with E-state index in [1.54, 1.807) is 0 Å². The van der Waals surface area contributed by atoms with Crippen LogP contribution in [0.3, 0.4) is 0 Å². The first-order chi connectivity index (χ1) is 18.1. The fourth-order valence-corrected chi connectivity index (χ4v) is 10.7. The quantitative estimate of drug-likeness (QED) is 0.251. The first kappa shape index (κ1) is 31.6. The molecule has 2 nitrogen and oxygen atoms in total. The molecule has 212 valence electrons. The highest BCUT2D eigenvalue weighted by molar-refractivity contribution is 6.99. The van der Waals surface area contributed by atoms with E-state index in [1.165, 1.54) is 15.9 Å². The van der Waals surface area contributed by atoms with Gasteiger partial charge in [-0.2, -0.15) is 0 Å². The van der Waals surface area contributed by atoms with E-state index in [2.05, 4.69) is 141 Å². The third kappa shape index (κ3) is 7.24. The Balaban J connectivity index is 2.00. The van der Waals surface area contributed by atoms with Crippen LogP contribution in [0.2, 0.25) is 10.1 Å². The minimum Gasteiger partial charge on any atom is -0.407 e. The highest BCUT2D eigenvalue weighted by atomic mass is 35.5. The molecule has 3 aromatic carbocycles. The molecule has 0 amide bonds. The normalized spacial score (nSPS) is 15.3. The van der Waals surface area contributed by atoms with Crippen LogP contribution in [0.1, 0.15) is 79.9 Å². The lowest BCUT2D eigenvalue weighted by molar-refractivity contribution is 0.128. The average molecular weight is 564 g/mol. The molecule has 0 saturated heterocycles. The van der Waals surface area contributed by atoms with Gasteiger partial charge in [-0.25, -0.2) is 0 Å². The van der Waals surface area contributed by atoms with Crippen LogP contribution in [0.15, 0.2) is 78.9 Å². The first-order valence-corrected chi connectivity index (χ1v) is 16.7. The molecule has 1 unspecified atom stereocenters. The molecule has 39 heavy (non-hydrogen) atoms. The molecule has 0 radical (unpaired) electrons. The van der Waals surface area contributed by atoms with Crippen LogP contribution in [0, 0.1) is 17.3 Å². The first-order valence-electron chi connectivity index (χ1n) is 14.4. The summed E-state index contributed by atoms with van der Waals surface area (Å²) in [6.45, 7) is 21.0. The van der Waals surface area contributed by atoms with E-state index in [0.717, 1.165) is 23.4 Å². The fourth-order valence-electron chi connectivity index (χ4n) is 5.84. The Kier molecular flexibility index (Phi) is 9.97. The van der Waals surface area contributed by atoms with E-state index >= 15 is 0 Å². The number of benzene rings is 3. The number of aryl methyl sites for hydroxylation is 1. The zero-order valence-corrected chi connectivity index (χ0v) is 27.4. The average Bonchev–Trinajstić information content (AvgIpc) is 2.85. The van der Waals surface area contributed by atoms with Gasteiger partial charge in [-0.3, -0.25) is 0 Å². The monoisotopic (exact) mass is 563 g/mol. The summed E-state index contributed by atoms with van der Waals surface area (Å²) < 4.78 is 7.35. The van der Waals surface area contributed by atoms with Crippen molar-refractivity contribution in [1.82, 2.24) is 0 Å². The minimum atomic E-state index is -2.67. The van der Waals surface area contributed by atoms with Gasteiger partial charge in [-0.1, -0.05) is 140 Å². The Bertz CT molecular complexity index is 1150. The number of hydrogen-bond donors (Lipinski definition) is 1. The van der Waals surface area contributed by atoms with Gasteiger partial charge in [0.25, 0.3) is 8.32 Å². The molecule has 4 heteroatoms. The van der Waals surface area contributed by atoms with Gasteiger partial charge < -0.3 is 10.2 Å². The van der Waals surface area contributed by atoms with E-state index in [1.807, 2.05) is 0 Å². The zero-order chi connectivity index (χ0) is 29.1. The van der Waals surface area contributed by atoms with Crippen molar-refractivity contribution in [2.75, 3.05) is 6.61 Å². The maximum Gasteiger partial charge on any atom is 0.261 e. The van der Waals surface area contributed by atoms with Crippen LogP contribution in [-0.2, 0) is 16.4 Å². The minimum absolute atomic E-state index is 0.0831. The summed E-state index contributed by atoms with van der Waals surface area (Å²) in [4.78, 5) is 0. The Hall–Kier alpha value is -1.91. The van der Waals surface area contributed by atoms with Gasteiger partial charge in [0.2, 0.25) is 0 Å². The van der Waals surface area contributed by atoms with Gasteiger partial charge >= 0.3 is 0 Å². The second-order valence-electron chi connectivity index (χ2n) is 14.0. The molecule has 0 spiro atoms. The Morgan fingerprint density at radius 2 is 1.31 bits per heavy atom. The molecule has 0 heterocycles. The van der Waals surface area contributed by atoms with Crippen molar-refractivity contribution in [3.05, 3.63) is 95.0 Å². The van der Waals surface area contributed by atoms with Crippen LogP contribution in [-0.4, -0.2) is 14.9 Å². The lowest BCUT2D eigenvalue weighted by atomic mass is 9.75. The molecular formula is C35H50ClNOSi. The Morgan fingerprint density at radius 1 is 0.795 bits per heavy atom. The third-order valence-electron chi connectivity index (χ3n) is 8.29. The summed E-state index contributed by atoms with van der Waals surface area (Å²) in [7, 11) is -2.67. The highest BCUT2D eigenvalue weighted by Crippen LogP contribution is 2.40. The molecule has 0 fully saturated rings. The second kappa shape index (κ2) is 12.3. The molecule has 0 saturated carbocycles.